The number of rotatable bonds is 2. The van der Waals surface area contributed by atoms with E-state index in [2.05, 4.69) is 9.47 Å². The summed E-state index contributed by atoms with van der Waals surface area (Å²) in [6.45, 7) is 1.62. The molecule has 0 bridgehead atoms. The van der Waals surface area contributed by atoms with Crippen LogP contribution in [0.15, 0.2) is 0 Å². The largest absolute Gasteiger partial charge is 0.508 e. The van der Waals surface area contributed by atoms with Gasteiger partial charge >= 0.3 is 6.16 Å². The average Bonchev–Trinajstić information content (AvgIpc) is 2.07. The number of halogens is 1. The van der Waals surface area contributed by atoms with Gasteiger partial charge < -0.3 is 9.47 Å². The minimum absolute atomic E-state index is 0.138. The highest BCUT2D eigenvalue weighted by molar-refractivity contribution is 5.60. The molecule has 0 spiro atoms. The van der Waals surface area contributed by atoms with E-state index in [0.717, 1.165) is 0 Å². The maximum atomic E-state index is 12.4. The molecule has 1 saturated heterocycles. The quantitative estimate of drug-likeness (QED) is 0.577. The van der Waals surface area contributed by atoms with Gasteiger partial charge in [0, 0.05) is 0 Å². The van der Waals surface area contributed by atoms with Crippen molar-refractivity contribution in [3.8, 4) is 0 Å². The second-order valence-electron chi connectivity index (χ2n) is 2.81. The van der Waals surface area contributed by atoms with Crippen LogP contribution < -0.4 is 0 Å². The van der Waals surface area contributed by atoms with E-state index >= 15 is 0 Å². The van der Waals surface area contributed by atoms with E-state index in [1.807, 2.05) is 6.92 Å². The zero-order valence-electron chi connectivity index (χ0n) is 6.43. The van der Waals surface area contributed by atoms with Crippen molar-refractivity contribution in [2.75, 3.05) is 19.9 Å². The van der Waals surface area contributed by atoms with E-state index in [-0.39, 0.29) is 13.2 Å². The van der Waals surface area contributed by atoms with Crippen LogP contribution in [-0.2, 0) is 9.47 Å². The van der Waals surface area contributed by atoms with E-state index in [9.17, 15) is 9.18 Å². The summed E-state index contributed by atoms with van der Waals surface area (Å²) in [6.07, 6.45) is -0.0703. The molecule has 0 aliphatic carbocycles. The van der Waals surface area contributed by atoms with Gasteiger partial charge in [0.05, 0.1) is 5.41 Å². The molecule has 0 aromatic heterocycles. The van der Waals surface area contributed by atoms with E-state index in [0.29, 0.717) is 6.42 Å². The van der Waals surface area contributed by atoms with Crippen LogP contribution in [0.5, 0.6) is 0 Å². The molecule has 11 heavy (non-hydrogen) atoms. The smallest absolute Gasteiger partial charge is 0.433 e. The molecule has 3 nitrogen and oxygen atoms in total. The van der Waals surface area contributed by atoms with Crippen molar-refractivity contribution >= 4 is 6.16 Å². The van der Waals surface area contributed by atoms with Crippen molar-refractivity contribution in [1.82, 2.24) is 0 Å². The van der Waals surface area contributed by atoms with Crippen LogP contribution in [0.25, 0.3) is 0 Å². The third kappa shape index (κ3) is 1.61. The summed E-state index contributed by atoms with van der Waals surface area (Å²) in [7, 11) is 0. The molecule has 0 radical (unpaired) electrons. The molecule has 0 saturated carbocycles. The highest BCUT2D eigenvalue weighted by atomic mass is 19.1. The van der Waals surface area contributed by atoms with Crippen LogP contribution >= 0.6 is 0 Å². The first-order valence-corrected chi connectivity index (χ1v) is 3.58. The predicted molar refractivity (Wildman–Crippen MR) is 36.0 cm³/mol. The molecular weight excluding hydrogens is 151 g/mol. The first-order chi connectivity index (χ1) is 5.22. The Morgan fingerprint density at radius 2 is 2.09 bits per heavy atom. The summed E-state index contributed by atoms with van der Waals surface area (Å²) in [4.78, 5) is 10.4. The minimum atomic E-state index is -0.692. The normalized spacial score (nSPS) is 22.2. The molecule has 64 valence electrons. The van der Waals surface area contributed by atoms with Gasteiger partial charge in [-0.2, -0.15) is 0 Å². The first kappa shape index (κ1) is 8.30. The van der Waals surface area contributed by atoms with Crippen LogP contribution in [-0.4, -0.2) is 26.0 Å². The van der Waals surface area contributed by atoms with Gasteiger partial charge in [-0.3, -0.25) is 4.39 Å². The lowest BCUT2D eigenvalue weighted by atomic mass is 9.88. The Kier molecular flexibility index (Phi) is 2.31. The van der Waals surface area contributed by atoms with Gasteiger partial charge in [-0.1, -0.05) is 6.92 Å². The number of ether oxygens (including phenoxy) is 2. The molecule has 4 heteroatoms. The minimum Gasteiger partial charge on any atom is -0.433 e. The number of cyclic esters (lactones) is 2. The first-order valence-electron chi connectivity index (χ1n) is 3.58. The van der Waals surface area contributed by atoms with Gasteiger partial charge in [0.25, 0.3) is 0 Å². The Hall–Kier alpha value is -0.800. The van der Waals surface area contributed by atoms with Crippen molar-refractivity contribution < 1.29 is 18.7 Å². The highest BCUT2D eigenvalue weighted by Gasteiger charge is 2.36. The third-order valence-electron chi connectivity index (χ3n) is 2.03. The zero-order chi connectivity index (χ0) is 8.32. The lowest BCUT2D eigenvalue weighted by Gasteiger charge is -2.31. The summed E-state index contributed by atoms with van der Waals surface area (Å²) in [5.74, 6) is 0. The van der Waals surface area contributed by atoms with Gasteiger partial charge in [-0.05, 0) is 6.42 Å². The molecule has 0 unspecified atom stereocenters. The number of carbonyl (C=O) groups is 1. The molecule has 0 N–H and O–H groups in total. The number of carbonyl (C=O) groups excluding carboxylic acids is 1. The fourth-order valence-electron chi connectivity index (χ4n) is 0.883. The van der Waals surface area contributed by atoms with Crippen molar-refractivity contribution in [2.45, 2.75) is 13.3 Å². The lowest BCUT2D eigenvalue weighted by molar-refractivity contribution is -0.0699. The second kappa shape index (κ2) is 3.07. The summed E-state index contributed by atoms with van der Waals surface area (Å²) in [5, 5.41) is 0. The van der Waals surface area contributed by atoms with Crippen LogP contribution in [0, 0.1) is 5.41 Å². The molecule has 1 aliphatic rings. The van der Waals surface area contributed by atoms with Gasteiger partial charge in [0.1, 0.15) is 19.9 Å². The molecule has 1 rings (SSSR count). The molecule has 0 aromatic carbocycles. The predicted octanol–water partition coefficient (Wildman–Crippen LogP) is 1.52. The Balaban J connectivity index is 2.52. The van der Waals surface area contributed by atoms with Crippen LogP contribution in [0.4, 0.5) is 9.18 Å². The molecular formula is C7H11FO3. The summed E-state index contributed by atoms with van der Waals surface area (Å²) >= 11 is 0. The Morgan fingerprint density at radius 3 is 2.45 bits per heavy atom. The second-order valence-corrected chi connectivity index (χ2v) is 2.81. The molecule has 1 aliphatic heterocycles. The van der Waals surface area contributed by atoms with Crippen molar-refractivity contribution in [3.63, 3.8) is 0 Å². The fraction of sp³-hybridized carbons (Fsp3) is 0.857. The van der Waals surface area contributed by atoms with Crippen LogP contribution in [0.1, 0.15) is 13.3 Å². The van der Waals surface area contributed by atoms with E-state index in [1.54, 1.807) is 0 Å². The van der Waals surface area contributed by atoms with Crippen molar-refractivity contribution in [1.29, 1.82) is 0 Å². The number of hydrogen-bond acceptors (Lipinski definition) is 3. The molecule has 1 fully saturated rings. The Labute approximate surface area is 64.5 Å². The van der Waals surface area contributed by atoms with Gasteiger partial charge in [0.2, 0.25) is 0 Å². The standard InChI is InChI=1S/C7H11FO3/c1-2-7(3-8)4-10-6(9)11-5-7/h2-5H2,1H3. The summed E-state index contributed by atoms with van der Waals surface area (Å²) in [5.41, 5.74) is -0.589. The summed E-state index contributed by atoms with van der Waals surface area (Å²) in [6, 6.07) is 0. The van der Waals surface area contributed by atoms with Gasteiger partial charge in [-0.25, -0.2) is 4.79 Å². The zero-order valence-corrected chi connectivity index (χ0v) is 6.43. The van der Waals surface area contributed by atoms with Crippen molar-refractivity contribution in [3.05, 3.63) is 0 Å². The topological polar surface area (TPSA) is 35.5 Å². The van der Waals surface area contributed by atoms with E-state index in [4.69, 9.17) is 0 Å². The molecule has 1 heterocycles. The van der Waals surface area contributed by atoms with E-state index in [1.165, 1.54) is 0 Å². The number of alkyl halides is 1. The van der Waals surface area contributed by atoms with Gasteiger partial charge in [0.15, 0.2) is 0 Å². The SMILES string of the molecule is CCC1(CF)COC(=O)OC1. The average molecular weight is 162 g/mol. The van der Waals surface area contributed by atoms with Crippen molar-refractivity contribution in [2.24, 2.45) is 5.41 Å². The van der Waals surface area contributed by atoms with Crippen LogP contribution in [0.2, 0.25) is 0 Å². The molecule has 0 aromatic rings. The Bertz CT molecular complexity index is 142. The molecule has 0 atom stereocenters. The Morgan fingerprint density at radius 1 is 1.55 bits per heavy atom. The maximum Gasteiger partial charge on any atom is 0.508 e. The van der Waals surface area contributed by atoms with E-state index < -0.39 is 18.2 Å². The maximum absolute atomic E-state index is 12.4. The fourth-order valence-corrected chi connectivity index (χ4v) is 0.883. The summed E-state index contributed by atoms with van der Waals surface area (Å²) < 4.78 is 21.5. The van der Waals surface area contributed by atoms with Gasteiger partial charge in [-0.15, -0.1) is 0 Å². The highest BCUT2D eigenvalue weighted by Crippen LogP contribution is 2.27. The number of hydrogen-bond donors (Lipinski definition) is 0. The lowest BCUT2D eigenvalue weighted by Crippen LogP contribution is -2.40. The monoisotopic (exact) mass is 162 g/mol. The van der Waals surface area contributed by atoms with Crippen LogP contribution in [0.3, 0.4) is 0 Å². The molecule has 0 amide bonds. The third-order valence-corrected chi connectivity index (χ3v) is 2.03.